The predicted molar refractivity (Wildman–Crippen MR) is 59.8 cm³/mol. The van der Waals surface area contributed by atoms with Gasteiger partial charge < -0.3 is 0 Å². The molecular weight excluding hydrogens is 255 g/mol. The van der Waals surface area contributed by atoms with Crippen LogP contribution in [0.3, 0.4) is 0 Å². The third-order valence-corrected chi connectivity index (χ3v) is 3.11. The Bertz CT molecular complexity index is 499. The van der Waals surface area contributed by atoms with Crippen molar-refractivity contribution >= 4 is 40.5 Å². The molecule has 0 unspecified atom stereocenters. The van der Waals surface area contributed by atoms with Gasteiger partial charge in [0.05, 0.1) is 10.0 Å². The summed E-state index contributed by atoms with van der Waals surface area (Å²) in [6.07, 6.45) is 0. The van der Waals surface area contributed by atoms with E-state index in [-0.39, 0.29) is 16.5 Å². The minimum absolute atomic E-state index is 0.247. The number of carbonyl (C=O) groups excluding carboxylic acids is 1. The number of halogens is 2. The number of rotatable bonds is 2. The van der Waals surface area contributed by atoms with Gasteiger partial charge in [0.1, 0.15) is 5.69 Å². The zero-order chi connectivity index (χ0) is 10.8. The average molecular weight is 259 g/mol. The number of hydrogen-bond acceptors (Lipinski definition) is 4. The first kappa shape index (κ1) is 10.5. The van der Waals surface area contributed by atoms with Crippen LogP contribution in [0.1, 0.15) is 16.1 Å². The summed E-state index contributed by atoms with van der Waals surface area (Å²) in [5.41, 5.74) is 0.626. The van der Waals surface area contributed by atoms with Crippen LogP contribution in [-0.4, -0.2) is 15.4 Å². The third-order valence-electron chi connectivity index (χ3n) is 1.79. The SMILES string of the molecule is O=C(c1csnn1)c1cccc(Cl)c1Cl. The summed E-state index contributed by atoms with van der Waals surface area (Å²) in [5.74, 6) is -0.267. The first-order valence-electron chi connectivity index (χ1n) is 3.96. The Labute approximate surface area is 99.8 Å². The smallest absolute Gasteiger partial charge is 0.215 e. The molecule has 2 aromatic rings. The molecule has 15 heavy (non-hydrogen) atoms. The van der Waals surface area contributed by atoms with Crippen molar-refractivity contribution < 1.29 is 4.79 Å². The molecule has 1 aromatic heterocycles. The second-order valence-electron chi connectivity index (χ2n) is 2.72. The lowest BCUT2D eigenvalue weighted by atomic mass is 10.1. The maximum Gasteiger partial charge on any atom is 0.215 e. The first-order valence-corrected chi connectivity index (χ1v) is 5.55. The predicted octanol–water partition coefficient (Wildman–Crippen LogP) is 3.08. The van der Waals surface area contributed by atoms with Crippen molar-refractivity contribution in [3.05, 3.63) is 44.9 Å². The lowest BCUT2D eigenvalue weighted by Gasteiger charge is -2.01. The molecule has 0 saturated heterocycles. The maximum atomic E-state index is 11.8. The topological polar surface area (TPSA) is 42.9 Å². The van der Waals surface area contributed by atoms with Gasteiger partial charge in [0, 0.05) is 10.9 Å². The molecule has 0 bridgehead atoms. The van der Waals surface area contributed by atoms with E-state index in [1.807, 2.05) is 0 Å². The summed E-state index contributed by atoms with van der Waals surface area (Å²) in [7, 11) is 0. The lowest BCUT2D eigenvalue weighted by molar-refractivity contribution is 0.103. The molecule has 6 heteroatoms. The average Bonchev–Trinajstić information content (AvgIpc) is 2.74. The van der Waals surface area contributed by atoms with Gasteiger partial charge in [-0.25, -0.2) is 0 Å². The molecule has 0 aliphatic rings. The maximum absolute atomic E-state index is 11.8. The van der Waals surface area contributed by atoms with E-state index in [1.54, 1.807) is 23.6 Å². The highest BCUT2D eigenvalue weighted by atomic mass is 35.5. The van der Waals surface area contributed by atoms with Gasteiger partial charge in [0.15, 0.2) is 0 Å². The Balaban J connectivity index is 2.47. The van der Waals surface area contributed by atoms with Gasteiger partial charge in [-0.15, -0.1) is 5.10 Å². The van der Waals surface area contributed by atoms with Crippen molar-refractivity contribution in [1.29, 1.82) is 0 Å². The molecule has 1 heterocycles. The summed E-state index contributed by atoms with van der Waals surface area (Å²) >= 11 is 12.8. The number of hydrogen-bond donors (Lipinski definition) is 0. The molecule has 76 valence electrons. The molecule has 1 aromatic carbocycles. The van der Waals surface area contributed by atoms with Gasteiger partial charge in [-0.1, -0.05) is 33.8 Å². The summed E-state index contributed by atoms with van der Waals surface area (Å²) in [4.78, 5) is 11.8. The Morgan fingerprint density at radius 2 is 2.13 bits per heavy atom. The molecule has 0 amide bonds. The quantitative estimate of drug-likeness (QED) is 0.778. The Kier molecular flexibility index (Phi) is 3.00. The van der Waals surface area contributed by atoms with E-state index in [0.29, 0.717) is 10.6 Å². The number of aromatic nitrogens is 2. The summed E-state index contributed by atoms with van der Waals surface area (Å²) in [6.45, 7) is 0. The van der Waals surface area contributed by atoms with Crippen LogP contribution >= 0.6 is 34.7 Å². The monoisotopic (exact) mass is 258 g/mol. The van der Waals surface area contributed by atoms with E-state index >= 15 is 0 Å². The number of benzene rings is 1. The fourth-order valence-corrected chi connectivity index (χ4v) is 1.90. The van der Waals surface area contributed by atoms with Crippen LogP contribution in [0.2, 0.25) is 10.0 Å². The molecule has 0 saturated carbocycles. The van der Waals surface area contributed by atoms with Gasteiger partial charge in [0.25, 0.3) is 0 Å². The highest BCUT2D eigenvalue weighted by Crippen LogP contribution is 2.27. The van der Waals surface area contributed by atoms with E-state index in [0.717, 1.165) is 11.5 Å². The van der Waals surface area contributed by atoms with E-state index in [1.165, 1.54) is 0 Å². The van der Waals surface area contributed by atoms with Crippen LogP contribution in [0.5, 0.6) is 0 Å². The van der Waals surface area contributed by atoms with E-state index < -0.39 is 0 Å². The van der Waals surface area contributed by atoms with Crippen LogP contribution in [0, 0.1) is 0 Å². The molecule has 0 spiro atoms. The van der Waals surface area contributed by atoms with Crippen molar-refractivity contribution in [2.75, 3.05) is 0 Å². The minimum atomic E-state index is -0.267. The molecule has 0 atom stereocenters. The van der Waals surface area contributed by atoms with Crippen molar-refractivity contribution in [3.63, 3.8) is 0 Å². The summed E-state index contributed by atoms with van der Waals surface area (Å²) in [6, 6.07) is 4.90. The molecule has 0 N–H and O–H groups in total. The molecule has 0 radical (unpaired) electrons. The standard InChI is InChI=1S/C9H4Cl2N2OS/c10-6-3-1-2-5(8(6)11)9(14)7-4-15-13-12-7/h1-4H. The van der Waals surface area contributed by atoms with Crippen LogP contribution in [0.4, 0.5) is 0 Å². The minimum Gasteiger partial charge on any atom is -0.287 e. The molecule has 0 aliphatic heterocycles. The van der Waals surface area contributed by atoms with Crippen molar-refractivity contribution in [1.82, 2.24) is 9.59 Å². The van der Waals surface area contributed by atoms with Crippen LogP contribution < -0.4 is 0 Å². The fraction of sp³-hybridized carbons (Fsp3) is 0. The van der Waals surface area contributed by atoms with Crippen molar-refractivity contribution in [2.45, 2.75) is 0 Å². The normalized spacial score (nSPS) is 10.3. The Morgan fingerprint density at radius 1 is 1.33 bits per heavy atom. The summed E-state index contributed by atoms with van der Waals surface area (Å²) in [5, 5.41) is 5.85. The molecule has 0 aliphatic carbocycles. The van der Waals surface area contributed by atoms with Gasteiger partial charge in [-0.05, 0) is 23.7 Å². The van der Waals surface area contributed by atoms with Gasteiger partial charge in [0.2, 0.25) is 5.78 Å². The van der Waals surface area contributed by atoms with Gasteiger partial charge in [-0.3, -0.25) is 4.79 Å². The molecule has 2 rings (SSSR count). The van der Waals surface area contributed by atoms with Crippen LogP contribution in [0.15, 0.2) is 23.6 Å². The molecule has 3 nitrogen and oxygen atoms in total. The van der Waals surface area contributed by atoms with Crippen LogP contribution in [-0.2, 0) is 0 Å². The summed E-state index contributed by atoms with van der Waals surface area (Å²) < 4.78 is 3.62. The van der Waals surface area contributed by atoms with Gasteiger partial charge in [-0.2, -0.15) is 0 Å². The van der Waals surface area contributed by atoms with E-state index in [2.05, 4.69) is 9.59 Å². The number of carbonyl (C=O) groups is 1. The van der Waals surface area contributed by atoms with Crippen LogP contribution in [0.25, 0.3) is 0 Å². The fourth-order valence-electron chi connectivity index (χ4n) is 1.08. The Hall–Kier alpha value is -0.970. The molecule has 0 fully saturated rings. The third kappa shape index (κ3) is 2.02. The second-order valence-corrected chi connectivity index (χ2v) is 4.12. The van der Waals surface area contributed by atoms with E-state index in [4.69, 9.17) is 23.2 Å². The Morgan fingerprint density at radius 3 is 2.80 bits per heavy atom. The highest BCUT2D eigenvalue weighted by molar-refractivity contribution is 7.03. The van der Waals surface area contributed by atoms with Crippen molar-refractivity contribution in [2.24, 2.45) is 0 Å². The second kappa shape index (κ2) is 4.26. The van der Waals surface area contributed by atoms with Gasteiger partial charge >= 0.3 is 0 Å². The number of ketones is 1. The zero-order valence-electron chi connectivity index (χ0n) is 7.28. The number of nitrogens with zero attached hydrogens (tertiary/aromatic N) is 2. The molecular formula is C9H4Cl2N2OS. The lowest BCUT2D eigenvalue weighted by Crippen LogP contribution is -2.02. The largest absolute Gasteiger partial charge is 0.287 e. The first-order chi connectivity index (χ1) is 7.20. The van der Waals surface area contributed by atoms with Crippen molar-refractivity contribution in [3.8, 4) is 0 Å². The highest BCUT2D eigenvalue weighted by Gasteiger charge is 2.16. The zero-order valence-corrected chi connectivity index (χ0v) is 9.60. The van der Waals surface area contributed by atoms with E-state index in [9.17, 15) is 4.79 Å².